The fourth-order valence-electron chi connectivity index (χ4n) is 2.54. The van der Waals surface area contributed by atoms with Crippen LogP contribution in [0.25, 0.3) is 22.4 Å². The number of aromatic amines is 1. The average molecular weight is 300 g/mol. The van der Waals surface area contributed by atoms with Gasteiger partial charge in [-0.2, -0.15) is 0 Å². The Labute approximate surface area is 129 Å². The molecular weight excluding hydrogens is 282 g/mol. The van der Waals surface area contributed by atoms with Crippen molar-refractivity contribution in [3.63, 3.8) is 0 Å². The minimum atomic E-state index is 0.717. The molecule has 1 aromatic heterocycles. The zero-order valence-electron chi connectivity index (χ0n) is 12.2. The predicted molar refractivity (Wildman–Crippen MR) is 90.1 cm³/mol. The Morgan fingerprint density at radius 2 is 1.76 bits per heavy atom. The molecule has 0 aliphatic carbocycles. The van der Waals surface area contributed by atoms with Gasteiger partial charge < -0.3 is 9.88 Å². The molecule has 1 heterocycles. The van der Waals surface area contributed by atoms with Crippen molar-refractivity contribution in [1.82, 2.24) is 9.97 Å². The number of aromatic nitrogens is 2. The second-order valence-electron chi connectivity index (χ2n) is 4.97. The van der Waals surface area contributed by atoms with Crippen LogP contribution in [-0.2, 0) is 0 Å². The Morgan fingerprint density at radius 1 is 1.05 bits per heavy atom. The first-order chi connectivity index (χ1) is 10.2. The summed E-state index contributed by atoms with van der Waals surface area (Å²) in [5.41, 5.74) is 4.22. The summed E-state index contributed by atoms with van der Waals surface area (Å²) in [7, 11) is 0. The number of benzene rings is 2. The fourth-order valence-corrected chi connectivity index (χ4v) is 2.71. The van der Waals surface area contributed by atoms with E-state index in [-0.39, 0.29) is 0 Å². The number of nitrogens with zero attached hydrogens (tertiary/aromatic N) is 2. The van der Waals surface area contributed by atoms with E-state index in [2.05, 4.69) is 53.0 Å². The van der Waals surface area contributed by atoms with Gasteiger partial charge in [-0.25, -0.2) is 4.98 Å². The van der Waals surface area contributed by atoms with E-state index < -0.39 is 0 Å². The quantitative estimate of drug-likeness (QED) is 0.755. The minimum Gasteiger partial charge on any atom is -0.372 e. The first-order valence-electron chi connectivity index (χ1n) is 7.22. The summed E-state index contributed by atoms with van der Waals surface area (Å²) in [5.74, 6) is 0.873. The van der Waals surface area contributed by atoms with E-state index in [1.54, 1.807) is 0 Å². The molecule has 2 aromatic carbocycles. The number of imidazole rings is 1. The molecule has 0 saturated carbocycles. The number of hydrogen-bond donors (Lipinski definition) is 1. The molecule has 0 spiro atoms. The third-order valence-electron chi connectivity index (χ3n) is 3.71. The van der Waals surface area contributed by atoms with Crippen molar-refractivity contribution in [3.05, 3.63) is 47.5 Å². The molecule has 0 radical (unpaired) electrons. The molecular formula is C17H18ClN3. The van der Waals surface area contributed by atoms with Gasteiger partial charge in [-0.1, -0.05) is 11.6 Å². The number of fused-ring (bicyclic) bond motifs is 1. The van der Waals surface area contributed by atoms with Crippen LogP contribution in [-0.4, -0.2) is 23.1 Å². The normalized spacial score (nSPS) is 11.0. The third-order valence-corrected chi connectivity index (χ3v) is 3.95. The highest BCUT2D eigenvalue weighted by atomic mass is 35.5. The number of halogens is 1. The van der Waals surface area contributed by atoms with Crippen LogP contribution in [0.2, 0.25) is 5.02 Å². The number of nitrogens with one attached hydrogen (secondary N) is 1. The number of H-pyrrole nitrogens is 1. The lowest BCUT2D eigenvalue weighted by Crippen LogP contribution is -2.21. The van der Waals surface area contributed by atoms with E-state index in [9.17, 15) is 0 Å². The summed E-state index contributed by atoms with van der Waals surface area (Å²) in [6, 6.07) is 14.2. The van der Waals surface area contributed by atoms with Gasteiger partial charge in [0, 0.05) is 29.4 Å². The van der Waals surface area contributed by atoms with E-state index in [1.807, 2.05) is 18.2 Å². The van der Waals surface area contributed by atoms with Crippen molar-refractivity contribution in [1.29, 1.82) is 0 Å². The van der Waals surface area contributed by atoms with Crippen LogP contribution in [0.5, 0.6) is 0 Å². The van der Waals surface area contributed by atoms with Crippen molar-refractivity contribution in [2.45, 2.75) is 13.8 Å². The summed E-state index contributed by atoms with van der Waals surface area (Å²) in [6.07, 6.45) is 0. The second-order valence-corrected chi connectivity index (χ2v) is 5.40. The topological polar surface area (TPSA) is 31.9 Å². The summed E-state index contributed by atoms with van der Waals surface area (Å²) in [4.78, 5) is 10.3. The molecule has 0 amide bonds. The average Bonchev–Trinajstić information content (AvgIpc) is 2.92. The van der Waals surface area contributed by atoms with Crippen LogP contribution in [0, 0.1) is 0 Å². The van der Waals surface area contributed by atoms with Crippen molar-refractivity contribution >= 4 is 28.3 Å². The maximum atomic E-state index is 6.01. The van der Waals surface area contributed by atoms with Crippen molar-refractivity contribution in [3.8, 4) is 11.4 Å². The lowest BCUT2D eigenvalue weighted by atomic mass is 10.2. The molecule has 0 aliphatic heterocycles. The Bertz CT molecular complexity index is 742. The Balaban J connectivity index is 1.95. The molecule has 3 aromatic rings. The Hall–Kier alpha value is -2.00. The molecule has 0 unspecified atom stereocenters. The molecule has 0 atom stereocenters. The van der Waals surface area contributed by atoms with Crippen LogP contribution in [0.3, 0.4) is 0 Å². The van der Waals surface area contributed by atoms with Gasteiger partial charge in [-0.15, -0.1) is 0 Å². The number of hydrogen-bond acceptors (Lipinski definition) is 2. The van der Waals surface area contributed by atoms with Gasteiger partial charge in [-0.05, 0) is 56.3 Å². The second kappa shape index (κ2) is 5.78. The summed E-state index contributed by atoms with van der Waals surface area (Å²) in [6.45, 7) is 6.36. The summed E-state index contributed by atoms with van der Waals surface area (Å²) >= 11 is 6.01. The molecule has 0 saturated heterocycles. The molecule has 4 heteroatoms. The van der Waals surface area contributed by atoms with Crippen LogP contribution in [0.15, 0.2) is 42.5 Å². The third kappa shape index (κ3) is 2.74. The molecule has 1 N–H and O–H groups in total. The fraction of sp³-hybridized carbons (Fsp3) is 0.235. The SMILES string of the molecule is CCN(CC)c1ccc(-c2nc3ccc(Cl)cc3[nH]2)cc1. The lowest BCUT2D eigenvalue weighted by Gasteiger charge is -2.20. The van der Waals surface area contributed by atoms with Gasteiger partial charge in [-0.3, -0.25) is 0 Å². The van der Waals surface area contributed by atoms with Crippen LogP contribution in [0.4, 0.5) is 5.69 Å². The van der Waals surface area contributed by atoms with Crippen LogP contribution in [0.1, 0.15) is 13.8 Å². The molecule has 3 rings (SSSR count). The highest BCUT2D eigenvalue weighted by molar-refractivity contribution is 6.31. The minimum absolute atomic E-state index is 0.717. The largest absolute Gasteiger partial charge is 0.372 e. The van der Waals surface area contributed by atoms with Gasteiger partial charge >= 0.3 is 0 Å². The zero-order valence-corrected chi connectivity index (χ0v) is 13.0. The van der Waals surface area contributed by atoms with E-state index in [0.29, 0.717) is 0 Å². The number of rotatable bonds is 4. The van der Waals surface area contributed by atoms with Gasteiger partial charge in [0.15, 0.2) is 0 Å². The first-order valence-corrected chi connectivity index (χ1v) is 7.59. The van der Waals surface area contributed by atoms with Gasteiger partial charge in [0.05, 0.1) is 11.0 Å². The predicted octanol–water partition coefficient (Wildman–Crippen LogP) is 4.73. The van der Waals surface area contributed by atoms with Crippen LogP contribution >= 0.6 is 11.6 Å². The van der Waals surface area contributed by atoms with Crippen LogP contribution < -0.4 is 4.90 Å². The highest BCUT2D eigenvalue weighted by Gasteiger charge is 2.07. The van der Waals surface area contributed by atoms with E-state index in [1.165, 1.54) is 5.69 Å². The standard InChI is InChI=1S/C17H18ClN3/c1-3-21(4-2)14-8-5-12(6-9-14)17-19-15-10-7-13(18)11-16(15)20-17/h5-11H,3-4H2,1-2H3,(H,19,20). The summed E-state index contributed by atoms with van der Waals surface area (Å²) < 4.78 is 0. The van der Waals surface area contributed by atoms with Crippen molar-refractivity contribution in [2.75, 3.05) is 18.0 Å². The van der Waals surface area contributed by atoms with Gasteiger partial charge in [0.1, 0.15) is 5.82 Å². The monoisotopic (exact) mass is 299 g/mol. The Morgan fingerprint density at radius 3 is 2.43 bits per heavy atom. The molecule has 3 nitrogen and oxygen atoms in total. The molecule has 0 aliphatic rings. The number of anilines is 1. The Kier molecular flexibility index (Phi) is 3.84. The first kappa shape index (κ1) is 14.0. The van der Waals surface area contributed by atoms with E-state index in [4.69, 9.17) is 11.6 Å². The maximum absolute atomic E-state index is 6.01. The van der Waals surface area contributed by atoms with Gasteiger partial charge in [0.25, 0.3) is 0 Å². The van der Waals surface area contributed by atoms with E-state index >= 15 is 0 Å². The highest BCUT2D eigenvalue weighted by Crippen LogP contribution is 2.25. The van der Waals surface area contributed by atoms with E-state index in [0.717, 1.165) is 40.5 Å². The molecule has 0 bridgehead atoms. The van der Waals surface area contributed by atoms with Gasteiger partial charge in [0.2, 0.25) is 0 Å². The molecule has 0 fully saturated rings. The van der Waals surface area contributed by atoms with Crippen molar-refractivity contribution < 1.29 is 0 Å². The summed E-state index contributed by atoms with van der Waals surface area (Å²) in [5, 5.41) is 0.717. The zero-order chi connectivity index (χ0) is 14.8. The maximum Gasteiger partial charge on any atom is 0.138 e. The smallest absolute Gasteiger partial charge is 0.138 e. The lowest BCUT2D eigenvalue weighted by molar-refractivity contribution is 0.866. The molecule has 108 valence electrons. The van der Waals surface area contributed by atoms with Crippen molar-refractivity contribution in [2.24, 2.45) is 0 Å². The molecule has 21 heavy (non-hydrogen) atoms.